The number of halogens is 2. The van der Waals surface area contributed by atoms with Crippen LogP contribution in [-0.2, 0) is 0 Å². The third-order valence-electron chi connectivity index (χ3n) is 2.11. The molecule has 2 aromatic rings. The molecule has 2 rings (SSSR count). The third-order valence-corrected chi connectivity index (χ3v) is 2.68. The van der Waals surface area contributed by atoms with Crippen LogP contribution in [0.3, 0.4) is 0 Å². The van der Waals surface area contributed by atoms with Gasteiger partial charge in [-0.3, -0.25) is 19.6 Å². The lowest BCUT2D eigenvalue weighted by atomic mass is 10.5. The minimum Gasteiger partial charge on any atom is -0.300 e. The standard InChI is InChI=1S/C8H4BrClN4O4/c9-2-1-3(15)13-6(16)4-5(12-7(17)11-4)14(10)8(13)18/h1-2H,(H2,11,12,17). The molecule has 2 N–H and O–H groups in total. The Balaban J connectivity index is 3.00. The van der Waals surface area contributed by atoms with Crippen LogP contribution in [0.25, 0.3) is 11.2 Å². The number of carbonyl (C=O) groups excluding carboxylic acids is 1. The van der Waals surface area contributed by atoms with Crippen molar-refractivity contribution in [3.05, 3.63) is 42.4 Å². The Hall–Kier alpha value is -1.87. The molecule has 0 radical (unpaired) electrons. The SMILES string of the molecule is O=C(C=CBr)n1c(=O)c2[nH]c(=O)[nH]c2n(Cl)c1=O. The molecule has 0 aliphatic rings. The van der Waals surface area contributed by atoms with Crippen molar-refractivity contribution in [2.75, 3.05) is 0 Å². The zero-order valence-electron chi connectivity index (χ0n) is 8.44. The molecule has 2 heterocycles. The van der Waals surface area contributed by atoms with Gasteiger partial charge in [0, 0.05) is 17.9 Å². The van der Waals surface area contributed by atoms with E-state index in [1.165, 1.54) is 4.99 Å². The summed E-state index contributed by atoms with van der Waals surface area (Å²) in [5, 5.41) is 0. The maximum Gasteiger partial charge on any atom is 0.354 e. The quantitative estimate of drug-likeness (QED) is 0.699. The Morgan fingerprint density at radius 3 is 2.56 bits per heavy atom. The van der Waals surface area contributed by atoms with Gasteiger partial charge in [-0.05, 0) is 4.99 Å². The van der Waals surface area contributed by atoms with Crippen LogP contribution < -0.4 is 16.9 Å². The molecule has 94 valence electrons. The predicted octanol–water partition coefficient (Wildman–Crippen LogP) is -0.270. The summed E-state index contributed by atoms with van der Waals surface area (Å²) < 4.78 is 0.783. The summed E-state index contributed by atoms with van der Waals surface area (Å²) in [7, 11) is 0. The zero-order chi connectivity index (χ0) is 13.4. The topological polar surface area (TPSA) is 110 Å². The number of hydrogen-bond donors (Lipinski definition) is 2. The van der Waals surface area contributed by atoms with Crippen LogP contribution in [0.5, 0.6) is 0 Å². The van der Waals surface area contributed by atoms with Gasteiger partial charge in [-0.1, -0.05) is 15.9 Å². The van der Waals surface area contributed by atoms with E-state index in [0.717, 1.165) is 6.08 Å². The monoisotopic (exact) mass is 334 g/mol. The van der Waals surface area contributed by atoms with E-state index in [9.17, 15) is 19.2 Å². The molecule has 0 aromatic carbocycles. The molecule has 2 aromatic heterocycles. The van der Waals surface area contributed by atoms with Gasteiger partial charge in [0.05, 0.1) is 0 Å². The highest BCUT2D eigenvalue weighted by molar-refractivity contribution is 9.11. The summed E-state index contributed by atoms with van der Waals surface area (Å²) >= 11 is 8.47. The first kappa shape index (κ1) is 12.6. The average molecular weight is 336 g/mol. The summed E-state index contributed by atoms with van der Waals surface area (Å²) in [6.45, 7) is 0. The van der Waals surface area contributed by atoms with Gasteiger partial charge in [-0.25, -0.2) is 9.59 Å². The van der Waals surface area contributed by atoms with Crippen molar-refractivity contribution in [3.63, 3.8) is 0 Å². The first-order chi connectivity index (χ1) is 8.47. The number of hydrogen-bond acceptors (Lipinski definition) is 4. The Labute approximate surface area is 111 Å². The molecule has 10 heteroatoms. The van der Waals surface area contributed by atoms with Crippen molar-refractivity contribution in [2.45, 2.75) is 0 Å². The van der Waals surface area contributed by atoms with E-state index in [4.69, 9.17) is 11.8 Å². The Morgan fingerprint density at radius 2 is 1.94 bits per heavy atom. The largest absolute Gasteiger partial charge is 0.354 e. The number of H-pyrrole nitrogens is 2. The van der Waals surface area contributed by atoms with Crippen molar-refractivity contribution >= 4 is 44.8 Å². The smallest absolute Gasteiger partial charge is 0.300 e. The number of rotatable bonds is 1. The number of nitrogens with zero attached hydrogens (tertiary/aromatic N) is 2. The summed E-state index contributed by atoms with van der Waals surface area (Å²) in [4.78, 5) is 51.7. The Morgan fingerprint density at radius 1 is 1.28 bits per heavy atom. The predicted molar refractivity (Wildman–Crippen MR) is 67.4 cm³/mol. The highest BCUT2D eigenvalue weighted by Gasteiger charge is 2.17. The van der Waals surface area contributed by atoms with Gasteiger partial charge >= 0.3 is 11.4 Å². The Bertz CT molecular complexity index is 839. The van der Waals surface area contributed by atoms with Crippen molar-refractivity contribution < 1.29 is 4.79 Å². The lowest BCUT2D eigenvalue weighted by Gasteiger charge is -2.01. The molecular formula is C8H4BrClN4O4. The minimum absolute atomic E-state index is 0.191. The van der Waals surface area contributed by atoms with Crippen LogP contribution in [0.1, 0.15) is 4.79 Å². The van der Waals surface area contributed by atoms with Gasteiger partial charge in [-0.2, -0.15) is 8.65 Å². The number of carbonyl (C=O) groups is 1. The molecular weight excluding hydrogens is 331 g/mol. The molecule has 0 atom stereocenters. The normalized spacial score (nSPS) is 11.4. The van der Waals surface area contributed by atoms with Gasteiger partial charge in [0.25, 0.3) is 11.5 Å². The fourth-order valence-electron chi connectivity index (χ4n) is 1.38. The van der Waals surface area contributed by atoms with Crippen LogP contribution in [0.15, 0.2) is 25.4 Å². The summed E-state index contributed by atoms with van der Waals surface area (Å²) in [6, 6.07) is 0. The number of fused-ring (bicyclic) bond motifs is 1. The van der Waals surface area contributed by atoms with E-state index in [1.54, 1.807) is 0 Å². The van der Waals surface area contributed by atoms with Crippen molar-refractivity contribution in [1.29, 1.82) is 0 Å². The zero-order valence-corrected chi connectivity index (χ0v) is 10.8. The van der Waals surface area contributed by atoms with Gasteiger partial charge in [0.2, 0.25) is 0 Å². The molecule has 18 heavy (non-hydrogen) atoms. The average Bonchev–Trinajstić information content (AvgIpc) is 2.69. The van der Waals surface area contributed by atoms with Crippen LogP contribution in [0.4, 0.5) is 0 Å². The van der Waals surface area contributed by atoms with Gasteiger partial charge in [0.15, 0.2) is 11.2 Å². The maximum absolute atomic E-state index is 11.9. The van der Waals surface area contributed by atoms with Crippen LogP contribution >= 0.6 is 27.7 Å². The van der Waals surface area contributed by atoms with Crippen LogP contribution in [0.2, 0.25) is 0 Å². The molecule has 0 fully saturated rings. The third kappa shape index (κ3) is 1.77. The molecule has 0 aliphatic heterocycles. The molecule has 0 saturated heterocycles. The van der Waals surface area contributed by atoms with E-state index in [1.807, 2.05) is 0 Å². The minimum atomic E-state index is -1.07. The summed E-state index contributed by atoms with van der Waals surface area (Å²) in [6.07, 6.45) is 0.955. The van der Waals surface area contributed by atoms with Crippen molar-refractivity contribution in [3.8, 4) is 0 Å². The first-order valence-corrected chi connectivity index (χ1v) is 5.70. The fraction of sp³-hybridized carbons (Fsp3) is 0. The number of allylic oxidation sites excluding steroid dienone is 1. The molecule has 0 aliphatic carbocycles. The molecule has 0 spiro atoms. The van der Waals surface area contributed by atoms with Crippen LogP contribution in [0, 0.1) is 0 Å². The second-order valence-corrected chi connectivity index (χ2v) is 4.00. The second kappa shape index (κ2) is 4.42. The highest BCUT2D eigenvalue weighted by atomic mass is 79.9. The Kier molecular flexibility index (Phi) is 3.09. The van der Waals surface area contributed by atoms with Crippen molar-refractivity contribution in [1.82, 2.24) is 18.6 Å². The molecule has 0 saturated carbocycles. The summed E-state index contributed by atoms with van der Waals surface area (Å²) in [5.74, 6) is -0.889. The number of imidazole rings is 1. The van der Waals surface area contributed by atoms with Gasteiger partial charge in [0.1, 0.15) is 0 Å². The molecule has 0 bridgehead atoms. The van der Waals surface area contributed by atoms with Crippen LogP contribution in [-0.4, -0.2) is 24.5 Å². The van der Waals surface area contributed by atoms with Crippen molar-refractivity contribution in [2.24, 2.45) is 0 Å². The summed E-state index contributed by atoms with van der Waals surface area (Å²) in [5.41, 5.74) is -3.19. The number of nitrogens with one attached hydrogen (secondary N) is 2. The van der Waals surface area contributed by atoms with E-state index >= 15 is 0 Å². The molecule has 8 nitrogen and oxygen atoms in total. The van der Waals surface area contributed by atoms with Gasteiger partial charge in [-0.15, -0.1) is 0 Å². The molecule has 0 amide bonds. The van der Waals surface area contributed by atoms with Gasteiger partial charge < -0.3 is 0 Å². The molecule has 0 unspecified atom stereocenters. The van der Waals surface area contributed by atoms with E-state index in [0.29, 0.717) is 8.65 Å². The number of aromatic amines is 2. The fourth-order valence-corrected chi connectivity index (χ4v) is 1.81. The number of aromatic nitrogens is 4. The highest BCUT2D eigenvalue weighted by Crippen LogP contribution is 2.00. The van der Waals surface area contributed by atoms with E-state index in [-0.39, 0.29) is 11.2 Å². The first-order valence-electron chi connectivity index (χ1n) is 4.44. The lowest BCUT2D eigenvalue weighted by molar-refractivity contribution is 0.0960. The maximum atomic E-state index is 11.9. The van der Waals surface area contributed by atoms with E-state index in [2.05, 4.69) is 25.9 Å². The lowest BCUT2D eigenvalue weighted by Crippen LogP contribution is -2.41. The second-order valence-electron chi connectivity index (χ2n) is 3.14. The van der Waals surface area contributed by atoms with E-state index < -0.39 is 22.8 Å².